The van der Waals surface area contributed by atoms with Gasteiger partial charge in [0.1, 0.15) is 17.3 Å². The molecule has 6 heteroatoms. The van der Waals surface area contributed by atoms with Gasteiger partial charge in [0.2, 0.25) is 0 Å². The number of rotatable bonds is 7. The Morgan fingerprint density at radius 2 is 2.03 bits per heavy atom. The first-order valence-corrected chi connectivity index (χ1v) is 13.3. The molecule has 2 aliphatic rings. The van der Waals surface area contributed by atoms with Crippen molar-refractivity contribution in [1.29, 1.82) is 0 Å². The molecule has 0 bridgehead atoms. The summed E-state index contributed by atoms with van der Waals surface area (Å²) in [6.45, 7) is 7.17. The van der Waals surface area contributed by atoms with Crippen molar-refractivity contribution in [2.75, 3.05) is 40.2 Å². The fraction of sp³-hybridized carbons (Fsp3) is 0.519. The SMILES string of the molecule is COc1cc(C)cc(C)c1-c1cccc2c([N+](C)(CC3CC3)C3CCCOC3)c(SC)nn12. The summed E-state index contributed by atoms with van der Waals surface area (Å²) >= 11 is 1.76. The zero-order valence-corrected chi connectivity index (χ0v) is 21.4. The first-order valence-electron chi connectivity index (χ1n) is 12.1. The molecule has 2 atom stereocenters. The minimum Gasteiger partial charge on any atom is -0.496 e. The highest BCUT2D eigenvalue weighted by Gasteiger charge is 2.45. The van der Waals surface area contributed by atoms with Crippen LogP contribution in [0.2, 0.25) is 0 Å². The highest BCUT2D eigenvalue weighted by Crippen LogP contribution is 2.45. The number of quaternary nitrogens is 1. The third-order valence-electron chi connectivity index (χ3n) is 7.50. The second-order valence-electron chi connectivity index (χ2n) is 9.99. The van der Waals surface area contributed by atoms with Gasteiger partial charge in [0.15, 0.2) is 10.7 Å². The normalized spacial score (nSPS) is 20.7. The molecule has 0 amide bonds. The molecule has 2 fully saturated rings. The molecule has 2 aromatic heterocycles. The van der Waals surface area contributed by atoms with Gasteiger partial charge in [0.05, 0.1) is 33.0 Å². The van der Waals surface area contributed by atoms with E-state index in [0.717, 1.165) is 52.1 Å². The lowest BCUT2D eigenvalue weighted by atomic mass is 10.0. The van der Waals surface area contributed by atoms with Crippen molar-refractivity contribution in [3.63, 3.8) is 0 Å². The molecule has 1 aliphatic carbocycles. The van der Waals surface area contributed by atoms with Crippen molar-refractivity contribution in [1.82, 2.24) is 14.1 Å². The second-order valence-corrected chi connectivity index (χ2v) is 10.8. The Balaban J connectivity index is 1.73. The maximum absolute atomic E-state index is 6.00. The number of methoxy groups -OCH3 is 1. The van der Waals surface area contributed by atoms with E-state index in [4.69, 9.17) is 14.6 Å². The largest absolute Gasteiger partial charge is 0.496 e. The number of pyridine rings is 1. The average Bonchev–Trinajstić information content (AvgIpc) is 3.54. The van der Waals surface area contributed by atoms with Gasteiger partial charge in [0, 0.05) is 24.5 Å². The van der Waals surface area contributed by atoms with Crippen molar-refractivity contribution in [2.45, 2.75) is 50.6 Å². The van der Waals surface area contributed by atoms with E-state index < -0.39 is 0 Å². The lowest BCUT2D eigenvalue weighted by Crippen LogP contribution is -2.58. The molecule has 5 rings (SSSR count). The van der Waals surface area contributed by atoms with E-state index in [1.54, 1.807) is 18.9 Å². The van der Waals surface area contributed by atoms with Crippen LogP contribution < -0.4 is 9.22 Å². The lowest BCUT2D eigenvalue weighted by molar-refractivity contribution is 0.0281. The average molecular weight is 467 g/mol. The van der Waals surface area contributed by atoms with Crippen LogP contribution in [0.3, 0.4) is 0 Å². The zero-order chi connectivity index (χ0) is 23.2. The summed E-state index contributed by atoms with van der Waals surface area (Å²) in [6.07, 6.45) is 7.20. The second kappa shape index (κ2) is 8.97. The van der Waals surface area contributed by atoms with E-state index in [2.05, 4.69) is 62.0 Å². The molecule has 3 aromatic rings. The van der Waals surface area contributed by atoms with Gasteiger partial charge >= 0.3 is 0 Å². The van der Waals surface area contributed by atoms with Crippen LogP contribution in [0.1, 0.15) is 36.8 Å². The molecular formula is C27H36N3O2S+. The first kappa shape index (κ1) is 22.8. The third kappa shape index (κ3) is 4.07. The van der Waals surface area contributed by atoms with Crippen molar-refractivity contribution in [3.8, 4) is 17.0 Å². The Labute approximate surface area is 201 Å². The number of ether oxygens (including phenoxy) is 2. The Morgan fingerprint density at radius 1 is 1.21 bits per heavy atom. The highest BCUT2D eigenvalue weighted by molar-refractivity contribution is 7.98. The fourth-order valence-electron chi connectivity index (χ4n) is 5.69. The van der Waals surface area contributed by atoms with E-state index in [-0.39, 0.29) is 0 Å². The summed E-state index contributed by atoms with van der Waals surface area (Å²) in [5.41, 5.74) is 7.17. The van der Waals surface area contributed by atoms with Crippen molar-refractivity contribution >= 4 is 23.0 Å². The molecule has 5 nitrogen and oxygen atoms in total. The number of nitrogens with zero attached hydrogens (tertiary/aromatic N) is 3. The highest BCUT2D eigenvalue weighted by atomic mass is 32.2. The van der Waals surface area contributed by atoms with Crippen molar-refractivity contribution in [2.24, 2.45) is 5.92 Å². The monoisotopic (exact) mass is 466 g/mol. The summed E-state index contributed by atoms with van der Waals surface area (Å²) in [4.78, 5) is 0. The molecule has 176 valence electrons. The van der Waals surface area contributed by atoms with E-state index in [9.17, 15) is 0 Å². The molecule has 1 aliphatic heterocycles. The maximum Gasteiger partial charge on any atom is 0.193 e. The fourth-order valence-corrected chi connectivity index (χ4v) is 6.36. The molecule has 33 heavy (non-hydrogen) atoms. The van der Waals surface area contributed by atoms with Gasteiger partial charge in [-0.15, -0.1) is 11.8 Å². The van der Waals surface area contributed by atoms with Crippen molar-refractivity contribution < 1.29 is 9.47 Å². The van der Waals surface area contributed by atoms with E-state index in [1.807, 2.05) is 0 Å². The van der Waals surface area contributed by atoms with Crippen LogP contribution in [0.5, 0.6) is 5.75 Å². The summed E-state index contributed by atoms with van der Waals surface area (Å²) in [5.74, 6) is 1.71. The van der Waals surface area contributed by atoms with E-state index in [0.29, 0.717) is 6.04 Å². The predicted molar refractivity (Wildman–Crippen MR) is 138 cm³/mol. The van der Waals surface area contributed by atoms with Gasteiger partial charge in [-0.05, 0) is 68.7 Å². The third-order valence-corrected chi connectivity index (χ3v) is 8.16. The van der Waals surface area contributed by atoms with Gasteiger partial charge in [0.25, 0.3) is 0 Å². The Bertz CT molecular complexity index is 1160. The standard InChI is InChI=1S/C27H36N3O2S/c1-18-14-19(2)25(24(15-18)31-4)22-9-6-10-23-26(27(33-5)28-29(22)23)30(3,16-20-11-12-20)21-8-7-13-32-17-21/h6,9-10,14-15,20-21H,7-8,11-13,16-17H2,1-5H3/q+1. The molecule has 1 aromatic carbocycles. The minimum atomic E-state index is 0.470. The molecule has 1 saturated heterocycles. The maximum atomic E-state index is 6.00. The quantitative estimate of drug-likeness (QED) is 0.322. The summed E-state index contributed by atoms with van der Waals surface area (Å²) in [7, 11) is 4.19. The van der Waals surface area contributed by atoms with Gasteiger partial charge < -0.3 is 9.47 Å². The van der Waals surface area contributed by atoms with Crippen LogP contribution in [0.25, 0.3) is 16.8 Å². The molecular weight excluding hydrogens is 430 g/mol. The van der Waals surface area contributed by atoms with Crippen LogP contribution in [-0.2, 0) is 4.74 Å². The Hall–Kier alpha value is -2.02. The minimum absolute atomic E-state index is 0.470. The van der Waals surface area contributed by atoms with E-state index in [1.165, 1.54) is 48.1 Å². The smallest absolute Gasteiger partial charge is 0.193 e. The van der Waals surface area contributed by atoms with Crippen LogP contribution in [0, 0.1) is 19.8 Å². The van der Waals surface area contributed by atoms with Gasteiger partial charge in [-0.1, -0.05) is 12.1 Å². The van der Waals surface area contributed by atoms with Gasteiger partial charge in [-0.25, -0.2) is 4.52 Å². The van der Waals surface area contributed by atoms with Crippen LogP contribution in [0.15, 0.2) is 35.4 Å². The number of likely N-dealkylation sites (N-methyl/N-ethyl adjacent to an activating group) is 1. The van der Waals surface area contributed by atoms with Crippen LogP contribution in [-0.4, -0.2) is 55.8 Å². The lowest BCUT2D eigenvalue weighted by Gasteiger charge is -2.42. The Kier molecular flexibility index (Phi) is 6.19. The van der Waals surface area contributed by atoms with Crippen LogP contribution in [0.4, 0.5) is 5.69 Å². The summed E-state index contributed by atoms with van der Waals surface area (Å²) in [6, 6.07) is 11.4. The predicted octanol–water partition coefficient (Wildman–Crippen LogP) is 5.87. The molecule has 0 N–H and O–H groups in total. The number of benzene rings is 1. The molecule has 0 spiro atoms. The van der Waals surface area contributed by atoms with Crippen LogP contribution >= 0.6 is 11.8 Å². The molecule has 0 radical (unpaired) electrons. The summed E-state index contributed by atoms with van der Waals surface area (Å²) in [5, 5.41) is 6.33. The number of thioether (sulfide) groups is 1. The van der Waals surface area contributed by atoms with E-state index >= 15 is 0 Å². The van der Waals surface area contributed by atoms with Crippen molar-refractivity contribution in [3.05, 3.63) is 41.5 Å². The number of hydrogen-bond acceptors (Lipinski definition) is 4. The van der Waals surface area contributed by atoms with Gasteiger partial charge in [-0.3, -0.25) is 4.48 Å². The summed E-state index contributed by atoms with van der Waals surface area (Å²) < 4.78 is 14.9. The number of aryl methyl sites for hydroxylation is 2. The van der Waals surface area contributed by atoms with Gasteiger partial charge in [-0.2, -0.15) is 5.10 Å². The topological polar surface area (TPSA) is 35.8 Å². The Morgan fingerprint density at radius 3 is 2.70 bits per heavy atom. The number of fused-ring (bicyclic) bond motifs is 1. The molecule has 1 saturated carbocycles. The molecule has 2 unspecified atom stereocenters. The number of hydrogen-bond donors (Lipinski definition) is 0. The zero-order valence-electron chi connectivity index (χ0n) is 20.6. The number of aromatic nitrogens is 2. The molecule has 3 heterocycles. The first-order chi connectivity index (χ1) is 16.0.